The summed E-state index contributed by atoms with van der Waals surface area (Å²) >= 11 is 1.07. The fraction of sp³-hybridized carbons (Fsp3) is 0.350. The van der Waals surface area contributed by atoms with Crippen molar-refractivity contribution in [1.82, 2.24) is 4.98 Å². The van der Waals surface area contributed by atoms with Crippen molar-refractivity contribution in [1.29, 1.82) is 5.26 Å². The standard InChI is InChI=1S/C20H18F3N3OS/c21-20(22,23)15-7-4-5-9-17(15)25-18(27)12-28-19-14(11-24)10-13-6-2-1-3-8-16(13)26-19/h4-5,7,9-10H,1-3,6,8,12H2,(H,25,27). The minimum Gasteiger partial charge on any atom is -0.325 e. The van der Waals surface area contributed by atoms with Crippen LogP contribution in [0.25, 0.3) is 0 Å². The maximum absolute atomic E-state index is 13.0. The van der Waals surface area contributed by atoms with E-state index in [2.05, 4.69) is 16.4 Å². The molecule has 0 radical (unpaired) electrons. The second kappa shape index (κ2) is 8.65. The second-order valence-electron chi connectivity index (χ2n) is 6.50. The molecule has 3 rings (SSSR count). The Bertz CT molecular complexity index is 922. The molecule has 0 atom stereocenters. The fourth-order valence-corrected chi connectivity index (χ4v) is 3.92. The summed E-state index contributed by atoms with van der Waals surface area (Å²) < 4.78 is 39.1. The number of thioether (sulfide) groups is 1. The van der Waals surface area contributed by atoms with E-state index in [9.17, 15) is 23.2 Å². The topological polar surface area (TPSA) is 65.8 Å². The molecular formula is C20H18F3N3OS. The van der Waals surface area contributed by atoms with Crippen molar-refractivity contribution in [2.45, 2.75) is 43.3 Å². The predicted octanol–water partition coefficient (Wildman–Crippen LogP) is 4.97. The Hall–Kier alpha value is -2.53. The number of hydrogen-bond acceptors (Lipinski definition) is 4. The van der Waals surface area contributed by atoms with Crippen molar-refractivity contribution in [2.24, 2.45) is 0 Å². The average Bonchev–Trinajstić information content (AvgIpc) is 2.89. The molecule has 28 heavy (non-hydrogen) atoms. The Labute approximate surface area is 165 Å². The molecular weight excluding hydrogens is 387 g/mol. The number of benzene rings is 1. The van der Waals surface area contributed by atoms with Gasteiger partial charge in [0.15, 0.2) is 0 Å². The van der Waals surface area contributed by atoms with Crippen molar-refractivity contribution >= 4 is 23.4 Å². The number of hydrogen-bond donors (Lipinski definition) is 1. The van der Waals surface area contributed by atoms with Crippen molar-refractivity contribution in [3.8, 4) is 6.07 Å². The van der Waals surface area contributed by atoms with Gasteiger partial charge in [0.05, 0.1) is 22.6 Å². The lowest BCUT2D eigenvalue weighted by Gasteiger charge is -2.14. The van der Waals surface area contributed by atoms with Crippen LogP contribution >= 0.6 is 11.8 Å². The van der Waals surface area contributed by atoms with Crippen LogP contribution in [0.1, 0.15) is 41.6 Å². The maximum Gasteiger partial charge on any atom is 0.418 e. The number of pyridine rings is 1. The normalized spacial score (nSPS) is 13.9. The first-order chi connectivity index (χ1) is 13.4. The molecule has 2 aromatic rings. The fourth-order valence-electron chi connectivity index (χ4n) is 3.14. The van der Waals surface area contributed by atoms with Gasteiger partial charge in [0, 0.05) is 5.69 Å². The minimum atomic E-state index is -4.55. The first kappa shape index (κ1) is 20.2. The number of aryl methyl sites for hydroxylation is 2. The highest BCUT2D eigenvalue weighted by Gasteiger charge is 2.33. The number of para-hydroxylation sites is 1. The van der Waals surface area contributed by atoms with Crippen LogP contribution in [-0.4, -0.2) is 16.6 Å². The van der Waals surface area contributed by atoms with Crippen LogP contribution in [0.2, 0.25) is 0 Å². The van der Waals surface area contributed by atoms with Gasteiger partial charge in [-0.1, -0.05) is 30.3 Å². The van der Waals surface area contributed by atoms with Crippen molar-refractivity contribution < 1.29 is 18.0 Å². The largest absolute Gasteiger partial charge is 0.418 e. The molecule has 1 amide bonds. The Balaban J connectivity index is 1.72. The molecule has 0 saturated heterocycles. The zero-order chi connectivity index (χ0) is 20.1. The van der Waals surface area contributed by atoms with Gasteiger partial charge in [0.2, 0.25) is 5.91 Å². The van der Waals surface area contributed by atoms with Crippen LogP contribution in [0.3, 0.4) is 0 Å². The van der Waals surface area contributed by atoms with Gasteiger partial charge < -0.3 is 5.32 Å². The van der Waals surface area contributed by atoms with E-state index >= 15 is 0 Å². The van der Waals surface area contributed by atoms with Crippen LogP contribution < -0.4 is 5.32 Å². The quantitative estimate of drug-likeness (QED) is 0.576. The third kappa shape index (κ3) is 4.84. The number of anilines is 1. The summed E-state index contributed by atoms with van der Waals surface area (Å²) in [5.41, 5.74) is 1.24. The number of halogens is 3. The van der Waals surface area contributed by atoms with Gasteiger partial charge in [-0.25, -0.2) is 4.98 Å². The van der Waals surface area contributed by atoms with Gasteiger partial charge in [-0.15, -0.1) is 0 Å². The van der Waals surface area contributed by atoms with E-state index < -0.39 is 17.6 Å². The van der Waals surface area contributed by atoms with Crippen LogP contribution in [0.5, 0.6) is 0 Å². The smallest absolute Gasteiger partial charge is 0.325 e. The van der Waals surface area contributed by atoms with Crippen molar-refractivity contribution in [3.63, 3.8) is 0 Å². The Morgan fingerprint density at radius 1 is 1.21 bits per heavy atom. The number of nitriles is 1. The van der Waals surface area contributed by atoms with E-state index in [-0.39, 0.29) is 11.4 Å². The van der Waals surface area contributed by atoms with Crippen molar-refractivity contribution in [3.05, 3.63) is 52.7 Å². The summed E-state index contributed by atoms with van der Waals surface area (Å²) in [6.45, 7) is 0. The summed E-state index contributed by atoms with van der Waals surface area (Å²) in [7, 11) is 0. The van der Waals surface area contributed by atoms with Gasteiger partial charge in [-0.05, 0) is 49.4 Å². The Kier molecular flexibility index (Phi) is 6.25. The van der Waals surface area contributed by atoms with Gasteiger partial charge >= 0.3 is 6.18 Å². The number of aromatic nitrogens is 1. The highest BCUT2D eigenvalue weighted by Crippen LogP contribution is 2.34. The van der Waals surface area contributed by atoms with E-state index in [1.54, 1.807) is 0 Å². The van der Waals surface area contributed by atoms with Gasteiger partial charge in [-0.2, -0.15) is 18.4 Å². The lowest BCUT2D eigenvalue weighted by Crippen LogP contribution is -2.18. The third-order valence-corrected chi connectivity index (χ3v) is 5.47. The molecule has 8 heteroatoms. The number of nitrogens with one attached hydrogen (secondary N) is 1. The SMILES string of the molecule is N#Cc1cc2c(nc1SCC(=O)Nc1ccccc1C(F)(F)F)CCCCC2. The molecule has 0 spiro atoms. The molecule has 1 heterocycles. The first-order valence-corrected chi connectivity index (χ1v) is 9.89. The molecule has 1 aliphatic rings. The van der Waals surface area contributed by atoms with Crippen molar-refractivity contribution in [2.75, 3.05) is 11.1 Å². The highest BCUT2D eigenvalue weighted by molar-refractivity contribution is 8.00. The predicted molar refractivity (Wildman–Crippen MR) is 101 cm³/mol. The zero-order valence-corrected chi connectivity index (χ0v) is 15.8. The van der Waals surface area contributed by atoms with E-state index in [4.69, 9.17) is 0 Å². The lowest BCUT2D eigenvalue weighted by molar-refractivity contribution is -0.137. The molecule has 4 nitrogen and oxygen atoms in total. The summed E-state index contributed by atoms with van der Waals surface area (Å²) in [6, 6.07) is 8.77. The second-order valence-corrected chi connectivity index (χ2v) is 7.46. The molecule has 0 fully saturated rings. The van der Waals surface area contributed by atoms with E-state index in [0.29, 0.717) is 10.6 Å². The molecule has 1 aliphatic carbocycles. The molecule has 0 saturated carbocycles. The maximum atomic E-state index is 13.0. The van der Waals surface area contributed by atoms with Gasteiger partial charge in [0.1, 0.15) is 11.1 Å². The van der Waals surface area contributed by atoms with Gasteiger partial charge in [-0.3, -0.25) is 4.79 Å². The number of carbonyl (C=O) groups is 1. The number of nitrogens with zero attached hydrogens (tertiary/aromatic N) is 2. The molecule has 1 N–H and O–H groups in total. The number of alkyl halides is 3. The minimum absolute atomic E-state index is 0.132. The van der Waals surface area contributed by atoms with Crippen LogP contribution in [0, 0.1) is 11.3 Å². The number of carbonyl (C=O) groups excluding carboxylic acids is 1. The zero-order valence-electron chi connectivity index (χ0n) is 15.0. The first-order valence-electron chi connectivity index (χ1n) is 8.90. The van der Waals surface area contributed by atoms with Gasteiger partial charge in [0.25, 0.3) is 0 Å². The molecule has 1 aromatic carbocycles. The van der Waals surface area contributed by atoms with E-state index in [1.165, 1.54) is 18.2 Å². The Morgan fingerprint density at radius 3 is 2.71 bits per heavy atom. The van der Waals surface area contributed by atoms with Crippen LogP contribution in [0.4, 0.5) is 18.9 Å². The third-order valence-electron chi connectivity index (χ3n) is 4.48. The van der Waals surface area contributed by atoms with E-state index in [0.717, 1.165) is 61.2 Å². The highest BCUT2D eigenvalue weighted by atomic mass is 32.2. The molecule has 1 aromatic heterocycles. The lowest BCUT2D eigenvalue weighted by atomic mass is 10.1. The summed E-state index contributed by atoms with van der Waals surface area (Å²) in [4.78, 5) is 16.8. The molecule has 0 aliphatic heterocycles. The van der Waals surface area contributed by atoms with E-state index in [1.807, 2.05) is 6.07 Å². The number of amides is 1. The number of rotatable bonds is 4. The molecule has 0 bridgehead atoms. The van der Waals surface area contributed by atoms with Crippen LogP contribution in [0.15, 0.2) is 35.4 Å². The average molecular weight is 405 g/mol. The summed E-state index contributed by atoms with van der Waals surface area (Å²) in [5.74, 6) is -0.713. The van der Waals surface area contributed by atoms with Crippen LogP contribution in [-0.2, 0) is 23.8 Å². The Morgan fingerprint density at radius 2 is 1.96 bits per heavy atom. The molecule has 0 unspecified atom stereocenters. The molecule has 146 valence electrons. The summed E-state index contributed by atoms with van der Waals surface area (Å²) in [5, 5.41) is 12.1. The summed E-state index contributed by atoms with van der Waals surface area (Å²) in [6.07, 6.45) is 0.375. The number of fused-ring (bicyclic) bond motifs is 1. The monoisotopic (exact) mass is 405 g/mol.